The molecule has 0 atom stereocenters. The Balaban J connectivity index is -0.0000000162. The van der Waals surface area contributed by atoms with Gasteiger partial charge in [0.1, 0.15) is 0 Å². The van der Waals surface area contributed by atoms with E-state index in [9.17, 15) is 0 Å². The quantitative estimate of drug-likeness (QED) is 0.377. The minimum atomic E-state index is -1.44. The number of aliphatic carboxylic acids is 1. The van der Waals surface area contributed by atoms with Gasteiger partial charge in [0.15, 0.2) is 0 Å². The molecule has 0 aromatic carbocycles. The van der Waals surface area contributed by atoms with E-state index in [2.05, 4.69) is 0 Å². The first kappa shape index (κ1) is 37.9. The van der Waals surface area contributed by atoms with Gasteiger partial charge < -0.3 is 43.7 Å². The van der Waals surface area contributed by atoms with Crippen molar-refractivity contribution in [3.8, 4) is 0 Å². The Kier molecular flexibility index (Phi) is 152. The molecule has 0 saturated carbocycles. The summed E-state index contributed by atoms with van der Waals surface area (Å²) in [5.74, 6) is -1.44. The topological polar surface area (TPSA) is 216 Å². The molecule has 0 unspecified atom stereocenters. The fraction of sp³-hybridized carbons (Fsp3) is 0.833. The van der Waals surface area contributed by atoms with Gasteiger partial charge in [-0.1, -0.05) is 13.8 Å². The second-order valence-corrected chi connectivity index (χ2v) is 1.11. The van der Waals surface area contributed by atoms with Gasteiger partial charge in [-0.25, -0.2) is 0 Å². The van der Waals surface area contributed by atoms with Crippen LogP contribution in [-0.4, -0.2) is 30.9 Å². The molecule has 0 aliphatic rings. The zero-order chi connectivity index (χ0) is 9.70. The van der Waals surface area contributed by atoms with Crippen LogP contribution >= 0.6 is 0 Å². The van der Waals surface area contributed by atoms with Crippen LogP contribution in [0, 0.1) is 0 Å². The van der Waals surface area contributed by atoms with E-state index in [1.54, 1.807) is 13.8 Å². The highest BCUT2D eigenvalue weighted by atomic mass is 16.4. The third kappa shape index (κ3) is 777. The fourth-order valence-corrected chi connectivity index (χ4v) is 0. The third-order valence-electron chi connectivity index (χ3n) is 0.129. The van der Waals surface area contributed by atoms with Crippen molar-refractivity contribution in [1.29, 1.82) is 0 Å². The number of aliphatic hydroxyl groups excluding tert-OH is 1. The summed E-state index contributed by atoms with van der Waals surface area (Å²) in [6.07, 6.45) is 0. The lowest BCUT2D eigenvalue weighted by atomic mass is 10.8. The van der Waals surface area contributed by atoms with Crippen LogP contribution in [0.3, 0.4) is 0 Å². The molecule has 0 aliphatic carbocycles. The number of carbonyl (C=O) groups is 1. The van der Waals surface area contributed by atoms with Crippen molar-refractivity contribution in [2.45, 2.75) is 13.8 Å². The molecule has 0 aliphatic heterocycles. The number of rotatable bonds is 1. The van der Waals surface area contributed by atoms with Crippen molar-refractivity contribution < 1.29 is 25.2 Å². The molecular formula is C6H25N3O5. The average Bonchev–Trinajstić information content (AvgIpc) is 1.91. The van der Waals surface area contributed by atoms with Crippen molar-refractivity contribution in [3.63, 3.8) is 0 Å². The first-order chi connectivity index (χ1) is 5.10. The van der Waals surface area contributed by atoms with Crippen LogP contribution in [0.25, 0.3) is 0 Å². The van der Waals surface area contributed by atoms with Crippen LogP contribution in [-0.2, 0) is 4.79 Å². The normalized spacial score (nSPS) is 5.21. The summed E-state index contributed by atoms with van der Waals surface area (Å²) in [6.45, 7) is 2.25. The number of quaternary nitrogens is 3. The monoisotopic (exact) mass is 219 g/mol. The van der Waals surface area contributed by atoms with Gasteiger partial charge in [-0.2, -0.15) is 0 Å². The number of aliphatic hydroxyl groups is 1. The molecule has 0 bridgehead atoms. The maximum absolute atomic E-state index is 9.01. The van der Waals surface area contributed by atoms with Crippen LogP contribution in [0.1, 0.15) is 13.8 Å². The van der Waals surface area contributed by atoms with E-state index in [0.29, 0.717) is 0 Å². The highest BCUT2D eigenvalue weighted by Gasteiger charge is 1.66. The molecule has 0 radical (unpaired) electrons. The van der Waals surface area contributed by atoms with E-state index in [1.807, 2.05) is 0 Å². The van der Waals surface area contributed by atoms with Crippen molar-refractivity contribution in [3.05, 3.63) is 0 Å². The maximum atomic E-state index is 9.01. The molecule has 0 spiro atoms. The largest absolute Gasteiger partial charge is 0.855 e. The smallest absolute Gasteiger partial charge is 0.0826 e. The SMILES string of the molecule is CC[O-].CC[O-].O=C([O-])CO.[NH4+].[NH4+].[NH4+]. The molecule has 94 valence electrons. The Morgan fingerprint density at radius 2 is 1.14 bits per heavy atom. The zero-order valence-corrected chi connectivity index (χ0v) is 9.70. The predicted octanol–water partition coefficient (Wildman–Crippen LogP) is -2.41. The number of carboxylic acid groups (broad SMARTS) is 1. The first-order valence-electron chi connectivity index (χ1n) is 3.07. The second-order valence-electron chi connectivity index (χ2n) is 1.11. The minimum absolute atomic E-state index is 0. The summed E-state index contributed by atoms with van der Waals surface area (Å²) < 4.78 is 0. The van der Waals surface area contributed by atoms with Crippen LogP contribution < -0.4 is 33.8 Å². The van der Waals surface area contributed by atoms with Crippen molar-refractivity contribution in [1.82, 2.24) is 18.5 Å². The molecule has 0 aromatic rings. The summed E-state index contributed by atoms with van der Waals surface area (Å²) in [5, 5.41) is 34.3. The first-order valence-corrected chi connectivity index (χ1v) is 3.07. The van der Waals surface area contributed by atoms with E-state index in [-0.39, 0.29) is 31.7 Å². The van der Waals surface area contributed by atoms with Gasteiger partial charge in [0.05, 0.1) is 12.6 Å². The van der Waals surface area contributed by atoms with E-state index in [1.165, 1.54) is 0 Å². The number of carboxylic acids is 1. The molecule has 0 amide bonds. The summed E-state index contributed by atoms with van der Waals surface area (Å²) in [5.41, 5.74) is 0. The highest BCUT2D eigenvalue weighted by Crippen LogP contribution is 1.40. The lowest BCUT2D eigenvalue weighted by Crippen LogP contribution is -2.25. The van der Waals surface area contributed by atoms with Gasteiger partial charge in [0.25, 0.3) is 0 Å². The van der Waals surface area contributed by atoms with Crippen molar-refractivity contribution in [2.75, 3.05) is 19.8 Å². The number of hydrogen-bond acceptors (Lipinski definition) is 5. The minimum Gasteiger partial charge on any atom is -0.855 e. The van der Waals surface area contributed by atoms with Crippen LogP contribution in [0.4, 0.5) is 0 Å². The van der Waals surface area contributed by atoms with Gasteiger partial charge in [0.2, 0.25) is 0 Å². The van der Waals surface area contributed by atoms with Crippen LogP contribution in [0.5, 0.6) is 0 Å². The number of carbonyl (C=O) groups excluding carboxylic acids is 1. The van der Waals surface area contributed by atoms with E-state index >= 15 is 0 Å². The Bertz CT molecular complexity index is 72.5. The molecule has 0 heterocycles. The molecule has 14 heavy (non-hydrogen) atoms. The Morgan fingerprint density at radius 3 is 1.14 bits per heavy atom. The summed E-state index contributed by atoms with van der Waals surface area (Å²) in [4.78, 5) is 9.01. The molecule has 8 nitrogen and oxygen atoms in total. The Labute approximate surface area is 84.3 Å². The molecule has 13 N–H and O–H groups in total. The summed E-state index contributed by atoms with van der Waals surface area (Å²) >= 11 is 0. The van der Waals surface area contributed by atoms with Crippen LogP contribution in [0.15, 0.2) is 0 Å². The third-order valence-corrected chi connectivity index (χ3v) is 0.129. The van der Waals surface area contributed by atoms with Gasteiger partial charge in [-0.05, 0) is 0 Å². The highest BCUT2D eigenvalue weighted by molar-refractivity contribution is 5.65. The van der Waals surface area contributed by atoms with Crippen molar-refractivity contribution in [2.24, 2.45) is 0 Å². The molecular weight excluding hydrogens is 194 g/mol. The predicted molar refractivity (Wildman–Crippen MR) is 51.1 cm³/mol. The molecule has 8 heteroatoms. The van der Waals surface area contributed by atoms with E-state index < -0.39 is 12.6 Å². The van der Waals surface area contributed by atoms with E-state index in [4.69, 9.17) is 25.2 Å². The van der Waals surface area contributed by atoms with Gasteiger partial charge in [-0.3, -0.25) is 0 Å². The lowest BCUT2D eigenvalue weighted by Gasteiger charge is -1.86. The summed E-state index contributed by atoms with van der Waals surface area (Å²) in [6, 6.07) is 0. The molecule has 0 fully saturated rings. The van der Waals surface area contributed by atoms with Crippen LogP contribution in [0.2, 0.25) is 0 Å². The second kappa shape index (κ2) is 56.4. The molecule has 0 rings (SSSR count). The number of hydrogen-bond donors (Lipinski definition) is 4. The molecule has 0 saturated heterocycles. The van der Waals surface area contributed by atoms with E-state index in [0.717, 1.165) is 0 Å². The average molecular weight is 219 g/mol. The summed E-state index contributed by atoms with van der Waals surface area (Å²) in [7, 11) is 0. The lowest BCUT2D eigenvalue weighted by molar-refractivity contribution is -0.362. The zero-order valence-electron chi connectivity index (χ0n) is 9.70. The Hall–Kier alpha value is -0.770. The standard InChI is InChI=1S/C2H4O3.2C2H5O.3H3N/c3-1-2(4)5;2*1-2-3;;;/h3H,1H2,(H,4,5);2*2H2,1H3;3*1H3/q;2*-1;;;/p+2. The Morgan fingerprint density at radius 1 is 1.07 bits per heavy atom. The van der Waals surface area contributed by atoms with Gasteiger partial charge >= 0.3 is 0 Å². The molecule has 0 aromatic heterocycles. The van der Waals surface area contributed by atoms with Crippen molar-refractivity contribution >= 4 is 5.97 Å². The van der Waals surface area contributed by atoms with Gasteiger partial charge in [0, 0.05) is 0 Å². The van der Waals surface area contributed by atoms with Gasteiger partial charge in [-0.15, -0.1) is 13.2 Å². The maximum Gasteiger partial charge on any atom is 0.0826 e. The fourth-order valence-electron chi connectivity index (χ4n) is 0.